The number of carboxylic acids is 1. The van der Waals surface area contributed by atoms with Crippen LogP contribution < -0.4 is 0 Å². The van der Waals surface area contributed by atoms with Crippen molar-refractivity contribution in [2.24, 2.45) is 5.92 Å². The highest BCUT2D eigenvalue weighted by molar-refractivity contribution is 5.76. The quantitative estimate of drug-likeness (QED) is 0.725. The molecule has 0 saturated carbocycles. The molecule has 0 aromatic carbocycles. The second-order valence-corrected chi connectivity index (χ2v) is 2.67. The zero-order chi connectivity index (χ0) is 9.94. The second kappa shape index (κ2) is 3.75. The summed E-state index contributed by atoms with van der Waals surface area (Å²) >= 11 is 0. The minimum atomic E-state index is -3.89. The molecule has 0 spiro atoms. The van der Waals surface area contributed by atoms with Crippen LogP contribution in [0.3, 0.4) is 0 Å². The predicted molar refractivity (Wildman–Crippen MR) is 33.4 cm³/mol. The summed E-state index contributed by atoms with van der Waals surface area (Å²) in [7, 11) is 0. The lowest BCUT2D eigenvalue weighted by atomic mass is 10.0. The lowest BCUT2D eigenvalue weighted by molar-refractivity contribution is -0.311. The number of aliphatic carboxylic acids is 1. The standard InChI is InChI=1S/C6H9F3O3/c1-3(2)4(7)6(8,12-9)5(10)11/h3-4H,1-2H3,(H,10,11). The van der Waals surface area contributed by atoms with Gasteiger partial charge in [-0.05, 0) is 10.4 Å². The summed E-state index contributed by atoms with van der Waals surface area (Å²) in [5.41, 5.74) is 0. The molecule has 0 bridgehead atoms. The van der Waals surface area contributed by atoms with Gasteiger partial charge in [0.25, 0.3) is 0 Å². The first-order valence-electron chi connectivity index (χ1n) is 3.22. The van der Waals surface area contributed by atoms with Crippen LogP contribution in [0, 0.1) is 5.92 Å². The summed E-state index contributed by atoms with van der Waals surface area (Å²) in [4.78, 5) is 12.5. The maximum atomic E-state index is 12.7. The zero-order valence-electron chi connectivity index (χ0n) is 6.55. The molecule has 2 unspecified atom stereocenters. The van der Waals surface area contributed by atoms with E-state index in [1.165, 1.54) is 13.8 Å². The van der Waals surface area contributed by atoms with E-state index in [1.807, 2.05) is 0 Å². The number of carbonyl (C=O) groups is 1. The summed E-state index contributed by atoms with van der Waals surface area (Å²) < 4.78 is 36.8. The summed E-state index contributed by atoms with van der Waals surface area (Å²) in [6, 6.07) is 0. The lowest BCUT2D eigenvalue weighted by Crippen LogP contribution is -2.46. The molecule has 0 aliphatic carbocycles. The molecule has 12 heavy (non-hydrogen) atoms. The van der Waals surface area contributed by atoms with E-state index in [0.717, 1.165) is 0 Å². The van der Waals surface area contributed by atoms with E-state index in [4.69, 9.17) is 5.11 Å². The van der Waals surface area contributed by atoms with Gasteiger partial charge in [0.15, 0.2) is 6.17 Å². The Labute approximate surface area is 67.0 Å². The number of hydrogen-bond donors (Lipinski definition) is 1. The van der Waals surface area contributed by atoms with Gasteiger partial charge in [-0.25, -0.2) is 9.18 Å². The van der Waals surface area contributed by atoms with Gasteiger partial charge < -0.3 is 5.11 Å². The van der Waals surface area contributed by atoms with Crippen molar-refractivity contribution >= 4 is 5.97 Å². The van der Waals surface area contributed by atoms with Gasteiger partial charge in [-0.15, -0.1) is 4.94 Å². The Morgan fingerprint density at radius 3 is 2.08 bits per heavy atom. The number of hydrogen-bond acceptors (Lipinski definition) is 2. The van der Waals surface area contributed by atoms with Gasteiger partial charge >= 0.3 is 11.8 Å². The van der Waals surface area contributed by atoms with Gasteiger partial charge in [0, 0.05) is 0 Å². The SMILES string of the molecule is CC(C)C(F)C(F)(OF)C(=O)O. The largest absolute Gasteiger partial charge is 0.477 e. The maximum Gasteiger partial charge on any atom is 0.375 e. The Morgan fingerprint density at radius 2 is 2.00 bits per heavy atom. The van der Waals surface area contributed by atoms with Crippen LogP contribution in [0.2, 0.25) is 0 Å². The first kappa shape index (κ1) is 11.2. The van der Waals surface area contributed by atoms with Crippen molar-refractivity contribution in [1.82, 2.24) is 0 Å². The highest BCUT2D eigenvalue weighted by atomic mass is 19.3. The lowest BCUT2D eigenvalue weighted by Gasteiger charge is -2.21. The van der Waals surface area contributed by atoms with Crippen LogP contribution in [0.1, 0.15) is 13.8 Å². The molecule has 0 amide bonds. The van der Waals surface area contributed by atoms with Crippen LogP contribution in [0.15, 0.2) is 0 Å². The molecule has 0 radical (unpaired) electrons. The Balaban J connectivity index is 4.63. The van der Waals surface area contributed by atoms with Gasteiger partial charge in [0.2, 0.25) is 0 Å². The smallest absolute Gasteiger partial charge is 0.375 e. The number of rotatable bonds is 4. The molecule has 6 heteroatoms. The van der Waals surface area contributed by atoms with E-state index >= 15 is 0 Å². The number of halogens is 3. The average Bonchev–Trinajstić information content (AvgIpc) is 2.01. The maximum absolute atomic E-state index is 12.7. The molecule has 0 rings (SSSR count). The van der Waals surface area contributed by atoms with Crippen LogP contribution in [-0.4, -0.2) is 23.1 Å². The van der Waals surface area contributed by atoms with Crippen LogP contribution in [0.4, 0.5) is 13.3 Å². The molecule has 0 aromatic rings. The van der Waals surface area contributed by atoms with Crippen LogP contribution in [0.5, 0.6) is 0 Å². The molecule has 2 atom stereocenters. The third-order valence-corrected chi connectivity index (χ3v) is 1.34. The molecule has 0 fully saturated rings. The fourth-order valence-corrected chi connectivity index (χ4v) is 0.622. The molecular weight excluding hydrogens is 177 g/mol. The number of alkyl halides is 2. The predicted octanol–water partition coefficient (Wildman–Crippen LogP) is 1.63. The molecule has 3 nitrogen and oxygen atoms in total. The minimum Gasteiger partial charge on any atom is -0.477 e. The van der Waals surface area contributed by atoms with Crippen LogP contribution in [0.25, 0.3) is 0 Å². The van der Waals surface area contributed by atoms with Crippen molar-refractivity contribution in [2.75, 3.05) is 0 Å². The minimum absolute atomic E-state index is 0.984. The van der Waals surface area contributed by atoms with Crippen molar-refractivity contribution in [3.63, 3.8) is 0 Å². The monoisotopic (exact) mass is 186 g/mol. The Bertz CT molecular complexity index is 173. The van der Waals surface area contributed by atoms with Crippen molar-refractivity contribution < 1.29 is 28.1 Å². The fourth-order valence-electron chi connectivity index (χ4n) is 0.622. The van der Waals surface area contributed by atoms with E-state index in [9.17, 15) is 18.1 Å². The molecule has 0 aliphatic rings. The summed E-state index contributed by atoms with van der Waals surface area (Å²) in [5, 5.41) is 8.07. The molecular formula is C6H9F3O3. The van der Waals surface area contributed by atoms with E-state index in [0.29, 0.717) is 0 Å². The molecule has 0 aliphatic heterocycles. The van der Waals surface area contributed by atoms with Crippen molar-refractivity contribution in [3.05, 3.63) is 0 Å². The van der Waals surface area contributed by atoms with E-state index in [1.54, 1.807) is 0 Å². The van der Waals surface area contributed by atoms with E-state index < -0.39 is 23.9 Å². The third-order valence-electron chi connectivity index (χ3n) is 1.34. The highest BCUT2D eigenvalue weighted by Crippen LogP contribution is 2.27. The topological polar surface area (TPSA) is 46.5 Å². The van der Waals surface area contributed by atoms with Crippen molar-refractivity contribution in [1.29, 1.82) is 0 Å². The van der Waals surface area contributed by atoms with Gasteiger partial charge in [0.1, 0.15) is 0 Å². The third kappa shape index (κ3) is 1.88. The molecule has 0 saturated heterocycles. The first-order valence-corrected chi connectivity index (χ1v) is 3.22. The van der Waals surface area contributed by atoms with Gasteiger partial charge in [-0.2, -0.15) is 4.39 Å². The number of carboxylic acid groups (broad SMARTS) is 1. The molecule has 0 heterocycles. The van der Waals surface area contributed by atoms with Gasteiger partial charge in [-0.1, -0.05) is 13.8 Å². The van der Waals surface area contributed by atoms with E-state index in [2.05, 4.69) is 4.94 Å². The zero-order valence-corrected chi connectivity index (χ0v) is 6.55. The Morgan fingerprint density at radius 1 is 1.58 bits per heavy atom. The second-order valence-electron chi connectivity index (χ2n) is 2.67. The summed E-state index contributed by atoms with van der Waals surface area (Å²) in [6.45, 7) is 2.42. The normalized spacial score (nSPS) is 18.8. The van der Waals surface area contributed by atoms with Gasteiger partial charge in [-0.3, -0.25) is 0 Å². The van der Waals surface area contributed by atoms with Crippen LogP contribution in [-0.2, 0) is 9.74 Å². The average molecular weight is 186 g/mol. The fraction of sp³-hybridized carbons (Fsp3) is 0.833. The summed E-state index contributed by atoms with van der Waals surface area (Å²) in [6.07, 6.45) is -2.54. The van der Waals surface area contributed by atoms with Crippen LogP contribution >= 0.6 is 0 Å². The molecule has 72 valence electrons. The Kier molecular flexibility index (Phi) is 3.51. The van der Waals surface area contributed by atoms with Crippen molar-refractivity contribution in [2.45, 2.75) is 25.9 Å². The van der Waals surface area contributed by atoms with Gasteiger partial charge in [0.05, 0.1) is 0 Å². The molecule has 0 aromatic heterocycles. The van der Waals surface area contributed by atoms with E-state index in [-0.39, 0.29) is 0 Å². The first-order chi connectivity index (χ1) is 5.36. The van der Waals surface area contributed by atoms with Crippen molar-refractivity contribution in [3.8, 4) is 0 Å². The Hall–Kier alpha value is -0.780. The summed E-state index contributed by atoms with van der Waals surface area (Å²) in [5.74, 6) is -7.19. The highest BCUT2D eigenvalue weighted by Gasteiger charge is 2.52. The molecule has 1 N–H and O–H groups in total.